The smallest absolute Gasteiger partial charge is 0.0184 e. The van der Waals surface area contributed by atoms with E-state index in [-0.39, 0.29) is 5.54 Å². The predicted octanol–water partition coefficient (Wildman–Crippen LogP) is 5.43. The minimum Gasteiger partial charge on any atom is -0.317 e. The zero-order valence-electron chi connectivity index (χ0n) is 17.3. The molecule has 1 atom stereocenters. The molecule has 0 radical (unpaired) electrons. The zero-order valence-corrected chi connectivity index (χ0v) is 18.2. The van der Waals surface area contributed by atoms with Gasteiger partial charge in [-0.25, -0.2) is 0 Å². The molecule has 25 heavy (non-hydrogen) atoms. The second-order valence-corrected chi connectivity index (χ2v) is 9.45. The van der Waals surface area contributed by atoms with E-state index in [0.717, 1.165) is 18.8 Å². The Kier molecular flexibility index (Phi) is 10.8. The van der Waals surface area contributed by atoms with Gasteiger partial charge in [0, 0.05) is 23.9 Å². The van der Waals surface area contributed by atoms with Crippen LogP contribution < -0.4 is 5.32 Å². The molecule has 0 aliphatic heterocycles. The van der Waals surface area contributed by atoms with Crippen LogP contribution >= 0.6 is 11.8 Å². The number of benzene rings is 1. The van der Waals surface area contributed by atoms with Gasteiger partial charge in [-0.1, -0.05) is 44.2 Å². The normalized spacial score (nSPS) is 13.6. The van der Waals surface area contributed by atoms with Crippen LogP contribution in [0.15, 0.2) is 30.3 Å². The van der Waals surface area contributed by atoms with Crippen LogP contribution in [0.3, 0.4) is 0 Å². The molecule has 2 nitrogen and oxygen atoms in total. The lowest BCUT2D eigenvalue weighted by atomic mass is 9.96. The van der Waals surface area contributed by atoms with E-state index >= 15 is 0 Å². The molecule has 0 heterocycles. The molecule has 0 amide bonds. The van der Waals surface area contributed by atoms with Crippen LogP contribution in [0.2, 0.25) is 0 Å². The standard InChI is InChI=1S/C22H40N2S/c1-19(2)20(3)24(22(4,5)6)16-10-14-23-15-11-17-25-18-21-12-8-7-9-13-21/h7-9,12-13,19-20,23H,10-11,14-18H2,1-6H3. The third-order valence-corrected chi connectivity index (χ3v) is 5.94. The van der Waals surface area contributed by atoms with Crippen LogP contribution in [-0.4, -0.2) is 41.9 Å². The first-order valence-corrected chi connectivity index (χ1v) is 11.1. The Labute approximate surface area is 161 Å². The molecule has 0 aliphatic carbocycles. The summed E-state index contributed by atoms with van der Waals surface area (Å²) in [6, 6.07) is 11.4. The lowest BCUT2D eigenvalue weighted by molar-refractivity contribution is 0.0652. The topological polar surface area (TPSA) is 15.3 Å². The number of thioether (sulfide) groups is 1. The Morgan fingerprint density at radius 3 is 2.24 bits per heavy atom. The molecular formula is C22H40N2S. The Balaban J connectivity index is 2.08. The van der Waals surface area contributed by atoms with Gasteiger partial charge in [0.2, 0.25) is 0 Å². The molecule has 0 spiro atoms. The Hall–Kier alpha value is -0.510. The average molecular weight is 365 g/mol. The number of nitrogens with zero attached hydrogens (tertiary/aromatic N) is 1. The average Bonchev–Trinajstić information content (AvgIpc) is 2.55. The summed E-state index contributed by atoms with van der Waals surface area (Å²) < 4.78 is 0. The fourth-order valence-corrected chi connectivity index (χ4v) is 3.99. The van der Waals surface area contributed by atoms with Crippen LogP contribution in [-0.2, 0) is 5.75 Å². The highest BCUT2D eigenvalue weighted by Gasteiger charge is 2.27. The summed E-state index contributed by atoms with van der Waals surface area (Å²) in [6.45, 7) is 17.5. The van der Waals surface area contributed by atoms with Crippen molar-refractivity contribution in [3.63, 3.8) is 0 Å². The summed E-state index contributed by atoms with van der Waals surface area (Å²) in [6.07, 6.45) is 2.48. The lowest BCUT2D eigenvalue weighted by Gasteiger charge is -2.42. The van der Waals surface area contributed by atoms with Gasteiger partial charge in [0.05, 0.1) is 0 Å². The van der Waals surface area contributed by atoms with E-state index in [1.54, 1.807) is 0 Å². The number of hydrogen-bond acceptors (Lipinski definition) is 3. The molecule has 1 N–H and O–H groups in total. The van der Waals surface area contributed by atoms with E-state index in [4.69, 9.17) is 0 Å². The van der Waals surface area contributed by atoms with E-state index in [0.29, 0.717) is 12.0 Å². The molecule has 0 aromatic heterocycles. The van der Waals surface area contributed by atoms with Crippen LogP contribution in [0.1, 0.15) is 59.9 Å². The minimum atomic E-state index is 0.248. The second kappa shape index (κ2) is 12.0. The summed E-state index contributed by atoms with van der Waals surface area (Å²) in [4.78, 5) is 2.66. The first kappa shape index (κ1) is 22.5. The van der Waals surface area contributed by atoms with Gasteiger partial charge in [-0.3, -0.25) is 4.90 Å². The molecule has 3 heteroatoms. The van der Waals surface area contributed by atoms with Gasteiger partial charge in [-0.15, -0.1) is 0 Å². The molecule has 0 saturated carbocycles. The molecule has 0 bridgehead atoms. The van der Waals surface area contributed by atoms with Crippen molar-refractivity contribution < 1.29 is 0 Å². The zero-order chi connectivity index (χ0) is 18.7. The van der Waals surface area contributed by atoms with Crippen LogP contribution in [0.4, 0.5) is 0 Å². The third-order valence-electron chi connectivity index (χ3n) is 4.82. The molecule has 144 valence electrons. The minimum absolute atomic E-state index is 0.248. The van der Waals surface area contributed by atoms with Crippen molar-refractivity contribution in [2.24, 2.45) is 5.92 Å². The number of nitrogens with one attached hydrogen (secondary N) is 1. The molecular weight excluding hydrogens is 324 g/mol. The van der Waals surface area contributed by atoms with E-state index in [1.807, 2.05) is 11.8 Å². The largest absolute Gasteiger partial charge is 0.317 e. The Morgan fingerprint density at radius 1 is 1.00 bits per heavy atom. The maximum atomic E-state index is 3.62. The van der Waals surface area contributed by atoms with E-state index in [2.05, 4.69) is 82.1 Å². The molecule has 1 unspecified atom stereocenters. The van der Waals surface area contributed by atoms with Crippen molar-refractivity contribution in [1.29, 1.82) is 0 Å². The predicted molar refractivity (Wildman–Crippen MR) is 115 cm³/mol. The van der Waals surface area contributed by atoms with E-state index in [9.17, 15) is 0 Å². The van der Waals surface area contributed by atoms with Gasteiger partial charge in [0.15, 0.2) is 0 Å². The Bertz CT molecular complexity index is 439. The van der Waals surface area contributed by atoms with Gasteiger partial charge in [-0.05, 0) is 70.9 Å². The molecule has 0 saturated heterocycles. The fourth-order valence-electron chi connectivity index (χ4n) is 3.07. The van der Waals surface area contributed by atoms with Crippen molar-refractivity contribution in [1.82, 2.24) is 10.2 Å². The maximum Gasteiger partial charge on any atom is 0.0184 e. The van der Waals surface area contributed by atoms with E-state index in [1.165, 1.54) is 30.7 Å². The molecule has 0 fully saturated rings. The van der Waals surface area contributed by atoms with Crippen molar-refractivity contribution in [3.05, 3.63) is 35.9 Å². The summed E-state index contributed by atoms with van der Waals surface area (Å²) in [5, 5.41) is 3.62. The van der Waals surface area contributed by atoms with Crippen molar-refractivity contribution >= 4 is 11.8 Å². The summed E-state index contributed by atoms with van der Waals surface area (Å²) in [5.41, 5.74) is 1.68. The lowest BCUT2D eigenvalue weighted by Crippen LogP contribution is -2.49. The fraction of sp³-hybridized carbons (Fsp3) is 0.727. The van der Waals surface area contributed by atoms with Crippen molar-refractivity contribution in [2.45, 2.75) is 71.7 Å². The van der Waals surface area contributed by atoms with Crippen LogP contribution in [0.25, 0.3) is 0 Å². The van der Waals surface area contributed by atoms with Crippen LogP contribution in [0, 0.1) is 5.92 Å². The third kappa shape index (κ3) is 9.67. The first-order chi connectivity index (χ1) is 11.8. The second-order valence-electron chi connectivity index (χ2n) is 8.34. The molecule has 0 aliphatic rings. The van der Waals surface area contributed by atoms with Crippen molar-refractivity contribution in [3.8, 4) is 0 Å². The number of hydrogen-bond donors (Lipinski definition) is 1. The first-order valence-electron chi connectivity index (χ1n) is 9.91. The van der Waals surface area contributed by atoms with Gasteiger partial charge >= 0.3 is 0 Å². The Morgan fingerprint density at radius 2 is 1.64 bits per heavy atom. The van der Waals surface area contributed by atoms with Gasteiger partial charge in [0.1, 0.15) is 0 Å². The highest BCUT2D eigenvalue weighted by molar-refractivity contribution is 7.98. The molecule has 1 rings (SSSR count). The molecule has 1 aromatic carbocycles. The summed E-state index contributed by atoms with van der Waals surface area (Å²) in [5.74, 6) is 3.07. The summed E-state index contributed by atoms with van der Waals surface area (Å²) >= 11 is 2.04. The van der Waals surface area contributed by atoms with Gasteiger partial charge in [0.25, 0.3) is 0 Å². The van der Waals surface area contributed by atoms with E-state index < -0.39 is 0 Å². The number of rotatable bonds is 12. The van der Waals surface area contributed by atoms with Crippen LogP contribution in [0.5, 0.6) is 0 Å². The quantitative estimate of drug-likeness (QED) is 0.498. The molecule has 1 aromatic rings. The maximum absolute atomic E-state index is 3.62. The summed E-state index contributed by atoms with van der Waals surface area (Å²) in [7, 11) is 0. The van der Waals surface area contributed by atoms with Crippen molar-refractivity contribution in [2.75, 3.05) is 25.4 Å². The SMILES string of the molecule is CC(C)C(C)N(CCCNCCCSCc1ccccc1)C(C)(C)C. The monoisotopic (exact) mass is 364 g/mol. The van der Waals surface area contributed by atoms with Gasteiger partial charge < -0.3 is 5.32 Å². The highest BCUT2D eigenvalue weighted by Crippen LogP contribution is 2.21. The highest BCUT2D eigenvalue weighted by atomic mass is 32.2. The van der Waals surface area contributed by atoms with Gasteiger partial charge in [-0.2, -0.15) is 11.8 Å².